The van der Waals surface area contributed by atoms with E-state index in [1.54, 1.807) is 13.2 Å². The number of nitrogens with one attached hydrogen (secondary N) is 1. The van der Waals surface area contributed by atoms with Crippen molar-refractivity contribution in [1.29, 1.82) is 0 Å². The van der Waals surface area contributed by atoms with E-state index in [9.17, 15) is 4.79 Å². The fourth-order valence-electron chi connectivity index (χ4n) is 2.50. The average molecular weight is 282 g/mol. The Kier molecular flexibility index (Phi) is 5.08. The van der Waals surface area contributed by atoms with Gasteiger partial charge in [0.15, 0.2) is 0 Å². The molecule has 1 aliphatic carbocycles. The minimum Gasteiger partial charge on any atom is -0.497 e. The number of methoxy groups -OCH3 is 1. The van der Waals surface area contributed by atoms with E-state index in [0.29, 0.717) is 23.2 Å². The van der Waals surface area contributed by atoms with Gasteiger partial charge in [-0.1, -0.05) is 36.9 Å². The van der Waals surface area contributed by atoms with E-state index in [2.05, 4.69) is 5.32 Å². The molecule has 1 fully saturated rings. The van der Waals surface area contributed by atoms with Gasteiger partial charge in [0, 0.05) is 11.1 Å². The molecule has 3 nitrogen and oxygen atoms in total. The van der Waals surface area contributed by atoms with Gasteiger partial charge in [0.1, 0.15) is 5.75 Å². The van der Waals surface area contributed by atoms with Gasteiger partial charge in [0.05, 0.1) is 13.5 Å². The predicted molar refractivity (Wildman–Crippen MR) is 76.7 cm³/mol. The fraction of sp³-hybridized carbons (Fsp3) is 0.533. The number of hydrogen-bond acceptors (Lipinski definition) is 2. The molecule has 1 aliphatic rings. The Hall–Kier alpha value is -1.22. The molecule has 0 aliphatic heterocycles. The second kappa shape index (κ2) is 6.80. The van der Waals surface area contributed by atoms with Crippen molar-refractivity contribution in [3.63, 3.8) is 0 Å². The van der Waals surface area contributed by atoms with Gasteiger partial charge < -0.3 is 10.1 Å². The first-order chi connectivity index (χ1) is 9.19. The van der Waals surface area contributed by atoms with Crippen LogP contribution in [0.2, 0.25) is 5.02 Å². The first-order valence-corrected chi connectivity index (χ1v) is 7.18. The van der Waals surface area contributed by atoms with Crippen molar-refractivity contribution >= 4 is 17.5 Å². The van der Waals surface area contributed by atoms with Crippen LogP contribution in [0.3, 0.4) is 0 Å². The Balaban J connectivity index is 1.91. The summed E-state index contributed by atoms with van der Waals surface area (Å²) in [6, 6.07) is 5.76. The van der Waals surface area contributed by atoms with Crippen LogP contribution in [0.4, 0.5) is 0 Å². The molecule has 0 saturated heterocycles. The number of hydrogen-bond donors (Lipinski definition) is 1. The fourth-order valence-corrected chi connectivity index (χ4v) is 2.73. The Morgan fingerprint density at radius 2 is 2.11 bits per heavy atom. The van der Waals surface area contributed by atoms with Crippen LogP contribution in [-0.2, 0) is 11.2 Å². The number of benzene rings is 1. The smallest absolute Gasteiger partial charge is 0.224 e. The zero-order valence-corrected chi connectivity index (χ0v) is 12.0. The summed E-state index contributed by atoms with van der Waals surface area (Å²) in [5.41, 5.74) is 0.843. The van der Waals surface area contributed by atoms with Crippen LogP contribution in [0.1, 0.15) is 37.7 Å². The van der Waals surface area contributed by atoms with Crippen molar-refractivity contribution in [3.8, 4) is 5.75 Å². The van der Waals surface area contributed by atoms with Crippen molar-refractivity contribution in [2.45, 2.75) is 44.6 Å². The van der Waals surface area contributed by atoms with Crippen LogP contribution in [0, 0.1) is 0 Å². The zero-order valence-electron chi connectivity index (χ0n) is 11.2. The number of carbonyl (C=O) groups excluding carboxylic acids is 1. The molecular weight excluding hydrogens is 262 g/mol. The maximum atomic E-state index is 12.0. The topological polar surface area (TPSA) is 38.3 Å². The van der Waals surface area contributed by atoms with Crippen LogP contribution in [0.25, 0.3) is 0 Å². The second-order valence-electron chi connectivity index (χ2n) is 5.04. The van der Waals surface area contributed by atoms with Crippen LogP contribution in [-0.4, -0.2) is 19.1 Å². The van der Waals surface area contributed by atoms with Gasteiger partial charge in [-0.3, -0.25) is 4.79 Å². The molecule has 1 N–H and O–H groups in total. The molecule has 0 aromatic heterocycles. The third-order valence-corrected chi connectivity index (χ3v) is 3.93. The van der Waals surface area contributed by atoms with Crippen LogP contribution in [0.15, 0.2) is 18.2 Å². The SMILES string of the molecule is COc1ccc(CC(=O)NC2CCCCC2)c(Cl)c1. The molecule has 0 spiro atoms. The maximum Gasteiger partial charge on any atom is 0.224 e. The quantitative estimate of drug-likeness (QED) is 0.919. The minimum absolute atomic E-state index is 0.0546. The minimum atomic E-state index is 0.0546. The summed E-state index contributed by atoms with van der Waals surface area (Å²) in [7, 11) is 1.60. The molecular formula is C15H20ClNO2. The summed E-state index contributed by atoms with van der Waals surface area (Å²) < 4.78 is 5.09. The lowest BCUT2D eigenvalue weighted by molar-refractivity contribution is -0.121. The molecule has 104 valence electrons. The average Bonchev–Trinajstić information content (AvgIpc) is 2.42. The second-order valence-corrected chi connectivity index (χ2v) is 5.44. The van der Waals surface area contributed by atoms with E-state index in [0.717, 1.165) is 18.4 Å². The van der Waals surface area contributed by atoms with Crippen molar-refractivity contribution in [2.24, 2.45) is 0 Å². The summed E-state index contributed by atoms with van der Waals surface area (Å²) in [4.78, 5) is 12.0. The van der Waals surface area contributed by atoms with Crippen molar-refractivity contribution in [1.82, 2.24) is 5.32 Å². The van der Waals surface area contributed by atoms with E-state index >= 15 is 0 Å². The molecule has 19 heavy (non-hydrogen) atoms. The lowest BCUT2D eigenvalue weighted by Crippen LogP contribution is -2.37. The summed E-state index contributed by atoms with van der Waals surface area (Å²) in [6.45, 7) is 0. The third-order valence-electron chi connectivity index (χ3n) is 3.58. The number of amides is 1. The summed E-state index contributed by atoms with van der Waals surface area (Å²) in [5.74, 6) is 0.764. The van der Waals surface area contributed by atoms with Crippen LogP contribution < -0.4 is 10.1 Å². The predicted octanol–water partition coefficient (Wildman–Crippen LogP) is 3.34. The number of ether oxygens (including phenoxy) is 1. The molecule has 1 saturated carbocycles. The normalized spacial score (nSPS) is 16.1. The molecule has 1 aromatic rings. The molecule has 4 heteroatoms. The highest BCUT2D eigenvalue weighted by atomic mass is 35.5. The number of carbonyl (C=O) groups is 1. The molecule has 1 aromatic carbocycles. The van der Waals surface area contributed by atoms with Gasteiger partial charge >= 0.3 is 0 Å². The van der Waals surface area contributed by atoms with E-state index in [1.165, 1.54) is 19.3 Å². The van der Waals surface area contributed by atoms with Gasteiger partial charge in [0.2, 0.25) is 5.91 Å². The van der Waals surface area contributed by atoms with Gasteiger partial charge in [-0.25, -0.2) is 0 Å². The highest BCUT2D eigenvalue weighted by molar-refractivity contribution is 6.31. The highest BCUT2D eigenvalue weighted by Gasteiger charge is 2.16. The summed E-state index contributed by atoms with van der Waals surface area (Å²) in [5, 5.41) is 3.68. The Bertz CT molecular complexity index is 442. The number of halogens is 1. The Morgan fingerprint density at radius 1 is 1.37 bits per heavy atom. The highest BCUT2D eigenvalue weighted by Crippen LogP contribution is 2.23. The summed E-state index contributed by atoms with van der Waals surface area (Å²) in [6.07, 6.45) is 6.25. The number of rotatable bonds is 4. The Labute approximate surface area is 119 Å². The van der Waals surface area contributed by atoms with E-state index in [1.807, 2.05) is 12.1 Å². The van der Waals surface area contributed by atoms with E-state index in [-0.39, 0.29) is 5.91 Å². The van der Waals surface area contributed by atoms with E-state index in [4.69, 9.17) is 16.3 Å². The molecule has 0 atom stereocenters. The lowest BCUT2D eigenvalue weighted by Gasteiger charge is -2.22. The van der Waals surface area contributed by atoms with Crippen LogP contribution >= 0.6 is 11.6 Å². The van der Waals surface area contributed by atoms with Crippen LogP contribution in [0.5, 0.6) is 5.75 Å². The lowest BCUT2D eigenvalue weighted by atomic mass is 9.95. The largest absolute Gasteiger partial charge is 0.497 e. The van der Waals surface area contributed by atoms with Crippen molar-refractivity contribution in [2.75, 3.05) is 7.11 Å². The van der Waals surface area contributed by atoms with Crippen molar-refractivity contribution < 1.29 is 9.53 Å². The first-order valence-electron chi connectivity index (χ1n) is 6.81. The monoisotopic (exact) mass is 281 g/mol. The maximum absolute atomic E-state index is 12.0. The molecule has 2 rings (SSSR count). The zero-order chi connectivity index (χ0) is 13.7. The standard InChI is InChI=1S/C15H20ClNO2/c1-19-13-8-7-11(14(16)10-13)9-15(18)17-12-5-3-2-4-6-12/h7-8,10,12H,2-6,9H2,1H3,(H,17,18). The molecule has 0 unspecified atom stereocenters. The van der Waals surface area contributed by atoms with Crippen molar-refractivity contribution in [3.05, 3.63) is 28.8 Å². The first kappa shape index (κ1) is 14.2. The third kappa shape index (κ3) is 4.13. The van der Waals surface area contributed by atoms with Gasteiger partial charge in [0.25, 0.3) is 0 Å². The summed E-state index contributed by atoms with van der Waals surface area (Å²) >= 11 is 6.13. The van der Waals surface area contributed by atoms with Gasteiger partial charge in [-0.15, -0.1) is 0 Å². The molecule has 0 heterocycles. The van der Waals surface area contributed by atoms with Gasteiger partial charge in [-0.2, -0.15) is 0 Å². The molecule has 1 amide bonds. The van der Waals surface area contributed by atoms with Gasteiger partial charge in [-0.05, 0) is 30.5 Å². The van der Waals surface area contributed by atoms with E-state index < -0.39 is 0 Å². The Morgan fingerprint density at radius 3 is 2.74 bits per heavy atom. The molecule has 0 bridgehead atoms. The molecule has 0 radical (unpaired) electrons.